The van der Waals surface area contributed by atoms with Gasteiger partial charge < -0.3 is 5.32 Å². The van der Waals surface area contributed by atoms with Crippen molar-refractivity contribution in [2.75, 3.05) is 5.32 Å². The first kappa shape index (κ1) is 13.0. The van der Waals surface area contributed by atoms with Crippen LogP contribution in [0.2, 0.25) is 0 Å². The standard InChI is InChI=1S/C14H22FN/c1-4-11(3)10-13(5-2)16-14-8-6-12(15)7-9-14/h6-9,11,13,16H,4-5,10H2,1-3H3. The highest BCUT2D eigenvalue weighted by molar-refractivity contribution is 5.43. The number of anilines is 1. The summed E-state index contributed by atoms with van der Waals surface area (Å²) in [5, 5.41) is 3.45. The maximum absolute atomic E-state index is 12.7. The highest BCUT2D eigenvalue weighted by atomic mass is 19.1. The zero-order valence-corrected chi connectivity index (χ0v) is 10.5. The molecule has 0 heterocycles. The van der Waals surface area contributed by atoms with E-state index in [1.807, 2.05) is 0 Å². The largest absolute Gasteiger partial charge is 0.382 e. The summed E-state index contributed by atoms with van der Waals surface area (Å²) in [6, 6.07) is 7.08. The van der Waals surface area contributed by atoms with Gasteiger partial charge in [0.25, 0.3) is 0 Å². The smallest absolute Gasteiger partial charge is 0.123 e. The van der Waals surface area contributed by atoms with E-state index < -0.39 is 0 Å². The van der Waals surface area contributed by atoms with Crippen molar-refractivity contribution in [3.05, 3.63) is 30.1 Å². The minimum atomic E-state index is -0.180. The van der Waals surface area contributed by atoms with Crippen molar-refractivity contribution in [1.29, 1.82) is 0 Å². The van der Waals surface area contributed by atoms with Crippen molar-refractivity contribution in [1.82, 2.24) is 0 Å². The zero-order valence-electron chi connectivity index (χ0n) is 10.5. The predicted molar refractivity (Wildman–Crippen MR) is 68.2 cm³/mol. The average molecular weight is 223 g/mol. The molecule has 16 heavy (non-hydrogen) atoms. The molecule has 0 fully saturated rings. The van der Waals surface area contributed by atoms with Crippen LogP contribution in [0.1, 0.15) is 40.0 Å². The SMILES string of the molecule is CCC(C)CC(CC)Nc1ccc(F)cc1. The van der Waals surface area contributed by atoms with Crippen molar-refractivity contribution in [2.24, 2.45) is 5.92 Å². The Bertz CT molecular complexity index is 294. The average Bonchev–Trinajstić information content (AvgIpc) is 2.30. The van der Waals surface area contributed by atoms with Gasteiger partial charge in [0, 0.05) is 11.7 Å². The number of hydrogen-bond acceptors (Lipinski definition) is 1. The maximum Gasteiger partial charge on any atom is 0.123 e. The van der Waals surface area contributed by atoms with E-state index in [2.05, 4.69) is 26.1 Å². The second-order valence-electron chi connectivity index (χ2n) is 4.51. The first-order chi connectivity index (χ1) is 7.65. The fraction of sp³-hybridized carbons (Fsp3) is 0.571. The molecular formula is C14H22FN. The lowest BCUT2D eigenvalue weighted by molar-refractivity contribution is 0.462. The molecule has 2 heteroatoms. The summed E-state index contributed by atoms with van der Waals surface area (Å²) in [5.41, 5.74) is 1.01. The van der Waals surface area contributed by atoms with Crippen LogP contribution in [0.3, 0.4) is 0 Å². The van der Waals surface area contributed by atoms with Crippen LogP contribution in [0.15, 0.2) is 24.3 Å². The van der Waals surface area contributed by atoms with E-state index in [9.17, 15) is 4.39 Å². The first-order valence-electron chi connectivity index (χ1n) is 6.17. The van der Waals surface area contributed by atoms with Gasteiger partial charge in [0.2, 0.25) is 0 Å². The lowest BCUT2D eigenvalue weighted by Crippen LogP contribution is -2.21. The molecule has 0 saturated carbocycles. The van der Waals surface area contributed by atoms with Crippen molar-refractivity contribution in [3.8, 4) is 0 Å². The van der Waals surface area contributed by atoms with Gasteiger partial charge in [-0.3, -0.25) is 0 Å². The van der Waals surface area contributed by atoms with Gasteiger partial charge in [-0.1, -0.05) is 27.2 Å². The Morgan fingerprint density at radius 2 is 1.75 bits per heavy atom. The molecule has 0 aliphatic heterocycles. The lowest BCUT2D eigenvalue weighted by Gasteiger charge is -2.21. The molecule has 2 atom stereocenters. The van der Waals surface area contributed by atoms with Crippen LogP contribution in [0.25, 0.3) is 0 Å². The fourth-order valence-electron chi connectivity index (χ4n) is 1.76. The summed E-state index contributed by atoms with van der Waals surface area (Å²) >= 11 is 0. The molecule has 0 amide bonds. The Labute approximate surface area is 98.1 Å². The van der Waals surface area contributed by atoms with E-state index in [0.29, 0.717) is 6.04 Å². The number of hydrogen-bond donors (Lipinski definition) is 1. The summed E-state index contributed by atoms with van der Waals surface area (Å²) in [5.74, 6) is 0.554. The molecule has 0 bridgehead atoms. The minimum absolute atomic E-state index is 0.180. The fourth-order valence-corrected chi connectivity index (χ4v) is 1.76. The van der Waals surface area contributed by atoms with Crippen LogP contribution in [-0.4, -0.2) is 6.04 Å². The lowest BCUT2D eigenvalue weighted by atomic mass is 9.97. The van der Waals surface area contributed by atoms with Gasteiger partial charge in [0.05, 0.1) is 0 Å². The van der Waals surface area contributed by atoms with E-state index in [-0.39, 0.29) is 5.82 Å². The Morgan fingerprint density at radius 1 is 1.12 bits per heavy atom. The van der Waals surface area contributed by atoms with Crippen LogP contribution in [0.4, 0.5) is 10.1 Å². The maximum atomic E-state index is 12.7. The molecule has 1 nitrogen and oxygen atoms in total. The molecule has 90 valence electrons. The third-order valence-corrected chi connectivity index (χ3v) is 3.09. The summed E-state index contributed by atoms with van der Waals surface area (Å²) in [6.45, 7) is 6.67. The summed E-state index contributed by atoms with van der Waals surface area (Å²) in [7, 11) is 0. The topological polar surface area (TPSA) is 12.0 Å². The monoisotopic (exact) mass is 223 g/mol. The molecule has 1 N–H and O–H groups in total. The van der Waals surface area contributed by atoms with Gasteiger partial charge in [-0.05, 0) is 43.0 Å². The Balaban J connectivity index is 2.52. The number of benzene rings is 1. The molecule has 1 rings (SSSR count). The Hall–Kier alpha value is -1.05. The number of rotatable bonds is 6. The normalized spacial score (nSPS) is 14.5. The van der Waals surface area contributed by atoms with Gasteiger partial charge in [-0.15, -0.1) is 0 Å². The number of nitrogens with one attached hydrogen (secondary N) is 1. The molecule has 0 aliphatic carbocycles. The highest BCUT2D eigenvalue weighted by Gasteiger charge is 2.09. The molecule has 1 aromatic carbocycles. The molecule has 0 spiro atoms. The van der Waals surface area contributed by atoms with Crippen molar-refractivity contribution in [3.63, 3.8) is 0 Å². The second kappa shape index (κ2) is 6.51. The molecule has 0 aromatic heterocycles. The van der Waals surface area contributed by atoms with E-state index >= 15 is 0 Å². The van der Waals surface area contributed by atoms with Gasteiger partial charge in [-0.25, -0.2) is 4.39 Å². The summed E-state index contributed by atoms with van der Waals surface area (Å²) < 4.78 is 12.7. The van der Waals surface area contributed by atoms with Crippen LogP contribution in [0, 0.1) is 11.7 Å². The van der Waals surface area contributed by atoms with Crippen molar-refractivity contribution < 1.29 is 4.39 Å². The van der Waals surface area contributed by atoms with Gasteiger partial charge in [0.1, 0.15) is 5.82 Å². The molecular weight excluding hydrogens is 201 g/mol. The minimum Gasteiger partial charge on any atom is -0.382 e. The molecule has 0 aliphatic rings. The highest BCUT2D eigenvalue weighted by Crippen LogP contribution is 2.17. The van der Waals surface area contributed by atoms with Crippen LogP contribution in [-0.2, 0) is 0 Å². The number of halogens is 1. The first-order valence-corrected chi connectivity index (χ1v) is 6.17. The Morgan fingerprint density at radius 3 is 2.25 bits per heavy atom. The quantitative estimate of drug-likeness (QED) is 0.751. The van der Waals surface area contributed by atoms with Crippen LogP contribution in [0.5, 0.6) is 0 Å². The zero-order chi connectivity index (χ0) is 12.0. The molecule has 2 unspecified atom stereocenters. The molecule has 1 aromatic rings. The van der Waals surface area contributed by atoms with Gasteiger partial charge in [-0.2, -0.15) is 0 Å². The van der Waals surface area contributed by atoms with Crippen molar-refractivity contribution >= 4 is 5.69 Å². The van der Waals surface area contributed by atoms with Crippen LogP contribution < -0.4 is 5.32 Å². The third-order valence-electron chi connectivity index (χ3n) is 3.09. The molecule has 0 saturated heterocycles. The van der Waals surface area contributed by atoms with Crippen LogP contribution >= 0.6 is 0 Å². The van der Waals surface area contributed by atoms with Gasteiger partial charge >= 0.3 is 0 Å². The van der Waals surface area contributed by atoms with E-state index in [1.165, 1.54) is 25.0 Å². The second-order valence-corrected chi connectivity index (χ2v) is 4.51. The summed E-state index contributed by atoms with van der Waals surface area (Å²) in [4.78, 5) is 0. The van der Waals surface area contributed by atoms with Crippen molar-refractivity contribution in [2.45, 2.75) is 46.1 Å². The van der Waals surface area contributed by atoms with Gasteiger partial charge in [0.15, 0.2) is 0 Å². The molecule has 0 radical (unpaired) electrons. The van der Waals surface area contributed by atoms with E-state index in [4.69, 9.17) is 0 Å². The third kappa shape index (κ3) is 4.21. The van der Waals surface area contributed by atoms with E-state index in [1.54, 1.807) is 12.1 Å². The summed E-state index contributed by atoms with van der Waals surface area (Å²) in [6.07, 6.45) is 3.48. The Kier molecular flexibility index (Phi) is 5.30. The van der Waals surface area contributed by atoms with E-state index in [0.717, 1.165) is 18.0 Å². The predicted octanol–water partition coefficient (Wildman–Crippen LogP) is 4.45.